The Balaban J connectivity index is 1.96. The lowest BCUT2D eigenvalue weighted by molar-refractivity contribution is -0.117. The molecule has 0 saturated heterocycles. The second-order valence-corrected chi connectivity index (χ2v) is 5.79. The van der Waals surface area contributed by atoms with E-state index in [1.807, 2.05) is 0 Å². The number of likely N-dealkylation sites (N-methyl/N-ethyl adjacent to an activating group) is 1. The van der Waals surface area contributed by atoms with E-state index in [1.54, 1.807) is 48.3 Å². The molecule has 2 rings (SSSR count). The Morgan fingerprint density at radius 1 is 1.20 bits per heavy atom. The molecule has 2 aromatic rings. The summed E-state index contributed by atoms with van der Waals surface area (Å²) in [5.41, 5.74) is 1.69. The number of anilines is 1. The lowest BCUT2D eigenvalue weighted by Crippen LogP contribution is -2.30. The van der Waals surface area contributed by atoms with Crippen LogP contribution in [-0.4, -0.2) is 37.3 Å². The number of rotatable bonds is 7. The van der Waals surface area contributed by atoms with Crippen LogP contribution >= 0.6 is 0 Å². The number of halogens is 1. The minimum absolute atomic E-state index is 0.111. The van der Waals surface area contributed by atoms with Gasteiger partial charge in [0, 0.05) is 12.1 Å². The summed E-state index contributed by atoms with van der Waals surface area (Å²) in [5.74, 6) is -0.610. The number of amides is 1. The maximum absolute atomic E-state index is 13.7. The third kappa shape index (κ3) is 5.12. The molecule has 0 spiro atoms. The Kier molecular flexibility index (Phi) is 6.25. The van der Waals surface area contributed by atoms with E-state index >= 15 is 0 Å². The molecule has 0 heterocycles. The second kappa shape index (κ2) is 8.39. The third-order valence-electron chi connectivity index (χ3n) is 3.66. The van der Waals surface area contributed by atoms with E-state index in [9.17, 15) is 14.0 Å². The molecule has 0 aliphatic rings. The molecule has 0 unspecified atom stereocenters. The number of nitrogens with zero attached hydrogens (tertiary/aromatic N) is 1. The molecular formula is C19H21FN2O3. The Bertz CT molecular complexity index is 777. The van der Waals surface area contributed by atoms with E-state index < -0.39 is 5.82 Å². The average molecular weight is 344 g/mol. The molecule has 6 heteroatoms. The number of carbonyl (C=O) groups is 2. The summed E-state index contributed by atoms with van der Waals surface area (Å²) >= 11 is 0. The predicted molar refractivity (Wildman–Crippen MR) is 94.4 cm³/mol. The van der Waals surface area contributed by atoms with Gasteiger partial charge < -0.3 is 10.1 Å². The Morgan fingerprint density at radius 3 is 2.56 bits per heavy atom. The Hall–Kier alpha value is -2.73. The molecule has 1 amide bonds. The first-order chi connectivity index (χ1) is 11.9. The molecule has 2 aromatic carbocycles. The number of hydrogen-bond donors (Lipinski definition) is 1. The Labute approximate surface area is 146 Å². The summed E-state index contributed by atoms with van der Waals surface area (Å²) < 4.78 is 18.6. The molecule has 0 fully saturated rings. The number of benzene rings is 2. The first-order valence-corrected chi connectivity index (χ1v) is 7.81. The predicted octanol–water partition coefficient (Wildman–Crippen LogP) is 3.11. The van der Waals surface area contributed by atoms with Crippen LogP contribution in [0.3, 0.4) is 0 Å². The number of nitrogens with one attached hydrogen (secondary N) is 1. The summed E-state index contributed by atoms with van der Waals surface area (Å²) in [6.07, 6.45) is 0. The van der Waals surface area contributed by atoms with Crippen molar-refractivity contribution < 1.29 is 18.7 Å². The minimum Gasteiger partial charge on any atom is -0.494 e. The first kappa shape index (κ1) is 18.6. The van der Waals surface area contributed by atoms with Gasteiger partial charge in [0.2, 0.25) is 5.91 Å². The van der Waals surface area contributed by atoms with Crippen molar-refractivity contribution in [3.8, 4) is 5.75 Å². The highest BCUT2D eigenvalue weighted by atomic mass is 19.1. The van der Waals surface area contributed by atoms with Crippen molar-refractivity contribution in [2.75, 3.05) is 26.0 Å². The molecule has 1 N–H and O–H groups in total. The fraction of sp³-hybridized carbons (Fsp3) is 0.263. The molecular weight excluding hydrogens is 323 g/mol. The van der Waals surface area contributed by atoms with Gasteiger partial charge in [-0.2, -0.15) is 0 Å². The largest absolute Gasteiger partial charge is 0.494 e. The summed E-state index contributed by atoms with van der Waals surface area (Å²) in [4.78, 5) is 25.5. The van der Waals surface area contributed by atoms with Crippen LogP contribution < -0.4 is 10.1 Å². The monoisotopic (exact) mass is 344 g/mol. The number of carbonyl (C=O) groups excluding carboxylic acids is 2. The van der Waals surface area contributed by atoms with E-state index in [0.29, 0.717) is 17.8 Å². The zero-order valence-electron chi connectivity index (χ0n) is 14.5. The maximum atomic E-state index is 13.7. The number of para-hydroxylation sites is 1. The van der Waals surface area contributed by atoms with Crippen molar-refractivity contribution in [2.45, 2.75) is 13.5 Å². The summed E-state index contributed by atoms with van der Waals surface area (Å²) in [6, 6.07) is 11.6. The minimum atomic E-state index is -0.437. The molecule has 0 aromatic heterocycles. The fourth-order valence-corrected chi connectivity index (χ4v) is 2.51. The van der Waals surface area contributed by atoms with Gasteiger partial charge in [0.25, 0.3) is 0 Å². The number of methoxy groups -OCH3 is 1. The van der Waals surface area contributed by atoms with E-state index in [4.69, 9.17) is 4.74 Å². The van der Waals surface area contributed by atoms with Gasteiger partial charge in [-0.3, -0.25) is 14.5 Å². The van der Waals surface area contributed by atoms with E-state index in [2.05, 4.69) is 5.32 Å². The highest BCUT2D eigenvalue weighted by Gasteiger charge is 2.12. The van der Waals surface area contributed by atoms with Crippen molar-refractivity contribution in [1.29, 1.82) is 0 Å². The average Bonchev–Trinajstić information content (AvgIpc) is 2.55. The highest BCUT2D eigenvalue weighted by Crippen LogP contribution is 2.19. The van der Waals surface area contributed by atoms with Gasteiger partial charge in [-0.1, -0.05) is 18.2 Å². The number of ketones is 1. The second-order valence-electron chi connectivity index (χ2n) is 5.79. The van der Waals surface area contributed by atoms with Gasteiger partial charge in [0.15, 0.2) is 17.3 Å². The van der Waals surface area contributed by atoms with Gasteiger partial charge in [0.1, 0.15) is 0 Å². The first-order valence-electron chi connectivity index (χ1n) is 7.81. The fourth-order valence-electron chi connectivity index (χ4n) is 2.51. The van der Waals surface area contributed by atoms with Crippen LogP contribution in [0.2, 0.25) is 0 Å². The highest BCUT2D eigenvalue weighted by molar-refractivity contribution is 6.04. The van der Waals surface area contributed by atoms with Crippen LogP contribution in [0.5, 0.6) is 5.75 Å². The number of ether oxygens (including phenoxy) is 1. The van der Waals surface area contributed by atoms with Crippen LogP contribution in [0, 0.1) is 5.82 Å². The van der Waals surface area contributed by atoms with Crippen LogP contribution in [0.1, 0.15) is 22.8 Å². The van der Waals surface area contributed by atoms with Crippen molar-refractivity contribution >= 4 is 17.4 Å². The zero-order chi connectivity index (χ0) is 18.4. The molecule has 132 valence electrons. The number of Topliss-reactive ketones (excluding diaryl/α,β-unsaturated/α-hetero) is 1. The molecule has 0 atom stereocenters. The Morgan fingerprint density at radius 2 is 1.92 bits per heavy atom. The van der Waals surface area contributed by atoms with Crippen molar-refractivity contribution in [1.82, 2.24) is 4.90 Å². The van der Waals surface area contributed by atoms with E-state index in [-0.39, 0.29) is 24.0 Å². The molecule has 0 aliphatic heterocycles. The number of hydrogen-bond acceptors (Lipinski definition) is 4. The lowest BCUT2D eigenvalue weighted by atomic mass is 10.1. The normalized spacial score (nSPS) is 10.6. The maximum Gasteiger partial charge on any atom is 0.238 e. The van der Waals surface area contributed by atoms with Crippen molar-refractivity contribution in [3.63, 3.8) is 0 Å². The molecule has 0 aliphatic carbocycles. The lowest BCUT2D eigenvalue weighted by Gasteiger charge is -2.17. The van der Waals surface area contributed by atoms with E-state index in [0.717, 1.165) is 5.56 Å². The van der Waals surface area contributed by atoms with Gasteiger partial charge in [-0.15, -0.1) is 0 Å². The molecule has 5 nitrogen and oxygen atoms in total. The van der Waals surface area contributed by atoms with E-state index in [1.165, 1.54) is 20.1 Å². The van der Waals surface area contributed by atoms with Crippen LogP contribution in [0.25, 0.3) is 0 Å². The van der Waals surface area contributed by atoms with Crippen LogP contribution in [0.15, 0.2) is 42.5 Å². The van der Waals surface area contributed by atoms with Gasteiger partial charge in [0.05, 0.1) is 19.3 Å². The van der Waals surface area contributed by atoms with Gasteiger partial charge >= 0.3 is 0 Å². The summed E-state index contributed by atoms with van der Waals surface area (Å²) in [6.45, 7) is 1.97. The van der Waals surface area contributed by atoms with Crippen LogP contribution in [-0.2, 0) is 11.3 Å². The summed E-state index contributed by atoms with van der Waals surface area (Å²) in [7, 11) is 3.17. The summed E-state index contributed by atoms with van der Waals surface area (Å²) in [5, 5.41) is 2.74. The van der Waals surface area contributed by atoms with Gasteiger partial charge in [-0.25, -0.2) is 4.39 Å². The quantitative estimate of drug-likeness (QED) is 0.784. The van der Waals surface area contributed by atoms with Gasteiger partial charge in [-0.05, 0) is 43.8 Å². The SMILES string of the molecule is COc1ccc(CN(C)CC(=O)Nc2ccccc2C(C)=O)cc1F. The molecule has 0 radical (unpaired) electrons. The van der Waals surface area contributed by atoms with Crippen molar-refractivity contribution in [2.24, 2.45) is 0 Å². The molecule has 25 heavy (non-hydrogen) atoms. The van der Waals surface area contributed by atoms with Crippen molar-refractivity contribution in [3.05, 3.63) is 59.4 Å². The standard InChI is InChI=1S/C19H21FN2O3/c1-13(23)15-6-4-5-7-17(15)21-19(24)12-22(2)11-14-8-9-18(25-3)16(20)10-14/h4-10H,11-12H2,1-3H3,(H,21,24). The van der Waals surface area contributed by atoms with Crippen LogP contribution in [0.4, 0.5) is 10.1 Å². The molecule has 0 bridgehead atoms. The zero-order valence-corrected chi connectivity index (χ0v) is 14.5. The smallest absolute Gasteiger partial charge is 0.238 e. The molecule has 0 saturated carbocycles. The topological polar surface area (TPSA) is 58.6 Å². The third-order valence-corrected chi connectivity index (χ3v) is 3.66.